The largest absolute Gasteiger partial charge is 0.662 e. The number of fused-ring (bicyclic) bond motifs is 36. The quantitative estimate of drug-likeness (QED) is 0.146. The molecular weight excluding hydrogens is 2740 g/mol. The number of nitrogens with zero attached hydrogens (tertiary/aromatic N) is 19. The number of pyridine rings is 8. The first-order chi connectivity index (χ1) is 62.6. The number of oxazole rings is 1. The molecule has 0 atom stereocenters. The number of hydrogen-bond acceptors (Lipinski definition) is 14. The van der Waals surface area contributed by atoms with Crippen molar-refractivity contribution in [2.45, 2.75) is 105 Å². The van der Waals surface area contributed by atoms with Crippen molar-refractivity contribution in [3.63, 3.8) is 0 Å². The summed E-state index contributed by atoms with van der Waals surface area (Å²) in [7, 11) is 0. The molecule has 682 valence electrons. The Morgan fingerprint density at radius 2 is 0.726 bits per heavy atom. The molecule has 135 heavy (non-hydrogen) atoms. The van der Waals surface area contributed by atoms with Gasteiger partial charge in [0.25, 0.3) is 0 Å². The molecular formula is C109H85Ir6N19O-6. The van der Waals surface area contributed by atoms with Gasteiger partial charge in [0.2, 0.25) is 0 Å². The zero-order chi connectivity index (χ0) is 88.2. The molecule has 0 spiro atoms. The van der Waals surface area contributed by atoms with Crippen molar-refractivity contribution in [2.75, 3.05) is 0 Å². The second-order valence-electron chi connectivity index (χ2n) is 36.5. The fourth-order valence-corrected chi connectivity index (χ4v) is 17.9. The van der Waals surface area contributed by atoms with E-state index < -0.39 is 0 Å². The smallest absolute Gasteiger partial charge is 0.181 e. The van der Waals surface area contributed by atoms with E-state index in [1.807, 2.05) is 116 Å². The summed E-state index contributed by atoms with van der Waals surface area (Å²) in [5.41, 5.74) is 25.0. The van der Waals surface area contributed by atoms with E-state index in [1.54, 1.807) is 62.4 Å². The molecule has 26 rings (SSSR count). The Balaban J connectivity index is 0.000000124. The van der Waals surface area contributed by atoms with Crippen LogP contribution in [-0.2, 0) is 142 Å². The van der Waals surface area contributed by atoms with Crippen molar-refractivity contribution in [1.82, 2.24) is 94.9 Å². The Morgan fingerprint density at radius 3 is 1.35 bits per heavy atom. The third kappa shape index (κ3) is 17.8. The second kappa shape index (κ2) is 39.3. The molecule has 0 fully saturated rings. The molecule has 0 aliphatic rings. The maximum atomic E-state index is 5.46. The van der Waals surface area contributed by atoms with Crippen molar-refractivity contribution in [1.29, 1.82) is 0 Å². The molecule has 0 aliphatic heterocycles. The SMILES string of the molecule is CC(C)(C)c1ccc(-c2cccc3c4cc(C(C)(C)C)cnc4c4[n-]cnc4c23)cc1.CC(C)(C)c1ccc2c(c1)c1cccnc1c1[n-]cc(C(C)(C)C)c21.[Ir].[Ir].[Ir].[Ir].[Ir].[Ir].c1ccc2c(c1)c1cc[n-]c1c1ncoc21.c1ccc2c(c1)c1cccnc1c1[n-]nc(-c3ccncc3)c21.c1cnc2c(c1)c1cccnc1c1[n-]cnc21.c1cnc2c(c1)c1ccncc1c1nc[n-]c21. The Labute approximate surface area is 857 Å². The fraction of sp³-hybridized carbons (Fsp3) is 0.147. The number of hydrogen-bond donors (Lipinski definition) is 0. The predicted octanol–water partition coefficient (Wildman–Crippen LogP) is 24.9. The molecule has 0 saturated carbocycles. The Kier molecular flexibility index (Phi) is 28.3. The molecule has 15 heterocycles. The molecule has 0 bridgehead atoms. The van der Waals surface area contributed by atoms with Crippen LogP contribution in [0.5, 0.6) is 0 Å². The van der Waals surface area contributed by atoms with Crippen LogP contribution in [-0.4, -0.2) is 64.9 Å². The molecule has 6 radical (unpaired) electrons. The van der Waals surface area contributed by atoms with E-state index in [2.05, 4.69) is 283 Å². The normalized spacial score (nSPS) is 11.6. The number of rotatable bonds is 2. The molecule has 0 unspecified atom stereocenters. The van der Waals surface area contributed by atoms with Crippen LogP contribution < -0.4 is 30.0 Å². The summed E-state index contributed by atoms with van der Waals surface area (Å²) in [4.78, 5) is 75.3. The fourth-order valence-electron chi connectivity index (χ4n) is 17.9. The van der Waals surface area contributed by atoms with Crippen LogP contribution in [0.3, 0.4) is 0 Å². The first-order valence-electron chi connectivity index (χ1n) is 43.0. The van der Waals surface area contributed by atoms with E-state index >= 15 is 0 Å². The topological polar surface area (TPSA) is 265 Å². The van der Waals surface area contributed by atoms with Gasteiger partial charge in [-0.1, -0.05) is 258 Å². The maximum absolute atomic E-state index is 5.46. The predicted molar refractivity (Wildman–Crippen MR) is 523 cm³/mol. The molecule has 0 aliphatic carbocycles. The summed E-state index contributed by atoms with van der Waals surface area (Å²) in [5.74, 6) is 0. The molecule has 11 aromatic carbocycles. The minimum atomic E-state index is 0. The Hall–Kier alpha value is -12.2. The van der Waals surface area contributed by atoms with Gasteiger partial charge in [-0.2, -0.15) is 12.4 Å². The minimum Gasteiger partial charge on any atom is -0.662 e. The van der Waals surface area contributed by atoms with E-state index in [0.29, 0.717) is 0 Å². The monoisotopic (exact) mass is 2830 g/mol. The zero-order valence-electron chi connectivity index (χ0n) is 75.2. The summed E-state index contributed by atoms with van der Waals surface area (Å²) in [6.07, 6.45) is 28.3. The van der Waals surface area contributed by atoms with Gasteiger partial charge in [-0.3, -0.25) is 39.9 Å². The standard InChI is InChI=1S/C28H28N3.C23H25N2.C19H11N4.2C13H7N4.C13H7N2O.6Ir/c1-27(2,3)18-12-10-17(11-13-18)20-8-7-9-21-22-14-19(28(4,5)6)15-29-24(22)26-25(23(20)21)30-16-31-26;1-22(2,3)14-9-10-15-17(12-14)16-8-7-11-24-20(16)21-19(15)18(13-25-21)23(4,5)6;1-2-5-14-13(4-1)15-6-3-9-21-18(15)19-16(14)17(22-23-19)12-7-10-20-11-8-12;1-3-8-9-4-2-6-15-11(9)13-12(16-7-17-13)10(8)14-5-1;1-2-9-8-3-5-14-6-10(8)12-13(17-7-16-12)11(9)15-4-1;1-2-4-10-8(3-1)9-5-6-14-11(9)12-13(10)16-7-15-12;;;;;;/h7-16H,1-6H3;7-13H,1-6H3;1-11H;2*1-7H;1-7H;;;;;;/q6*-1;;;;;;. The second-order valence-corrected chi connectivity index (χ2v) is 36.5. The van der Waals surface area contributed by atoms with Crippen LogP contribution in [0.15, 0.2) is 304 Å². The van der Waals surface area contributed by atoms with Crippen LogP contribution >= 0.6 is 0 Å². The third-order valence-corrected chi connectivity index (χ3v) is 24.4. The van der Waals surface area contributed by atoms with Gasteiger partial charge in [-0.25, -0.2) is 4.98 Å². The van der Waals surface area contributed by atoms with Crippen molar-refractivity contribution < 1.29 is 125 Å². The molecule has 26 aromatic rings. The van der Waals surface area contributed by atoms with Gasteiger partial charge < -0.3 is 54.5 Å². The van der Waals surface area contributed by atoms with E-state index in [4.69, 9.17) is 14.4 Å². The number of imidazole rings is 3. The summed E-state index contributed by atoms with van der Waals surface area (Å²) < 4.78 is 5.46. The van der Waals surface area contributed by atoms with Gasteiger partial charge in [0.1, 0.15) is 0 Å². The van der Waals surface area contributed by atoms with Crippen LogP contribution in [0.1, 0.15) is 105 Å². The zero-order valence-corrected chi connectivity index (χ0v) is 89.6. The number of aromatic nitrogens is 19. The van der Waals surface area contributed by atoms with E-state index in [0.717, 1.165) is 170 Å². The maximum Gasteiger partial charge on any atom is 0.181 e. The first-order valence-corrected chi connectivity index (χ1v) is 43.0. The summed E-state index contributed by atoms with van der Waals surface area (Å²) in [6.45, 7) is 26.9. The average Bonchev–Trinajstić information content (AvgIpc) is 1.70. The Bertz CT molecular complexity index is 8510. The van der Waals surface area contributed by atoms with Crippen molar-refractivity contribution in [3.8, 4) is 22.4 Å². The third-order valence-electron chi connectivity index (χ3n) is 24.4. The molecule has 26 heteroatoms. The van der Waals surface area contributed by atoms with Crippen molar-refractivity contribution >= 4 is 196 Å². The molecule has 0 N–H and O–H groups in total. The van der Waals surface area contributed by atoms with E-state index in [9.17, 15) is 0 Å². The molecule has 0 amide bonds. The summed E-state index contributed by atoms with van der Waals surface area (Å²) in [6, 6.07) is 69.2. The Morgan fingerprint density at radius 1 is 0.259 bits per heavy atom. The molecule has 0 saturated heterocycles. The van der Waals surface area contributed by atoms with Crippen LogP contribution in [0.4, 0.5) is 0 Å². The van der Waals surface area contributed by atoms with Crippen molar-refractivity contribution in [3.05, 3.63) is 322 Å². The van der Waals surface area contributed by atoms with Crippen molar-refractivity contribution in [2.24, 2.45) is 0 Å². The van der Waals surface area contributed by atoms with Gasteiger partial charge in [0, 0.05) is 231 Å². The first kappa shape index (κ1) is 97.4. The van der Waals surface area contributed by atoms with E-state index in [-0.39, 0.29) is 142 Å². The summed E-state index contributed by atoms with van der Waals surface area (Å²) >= 11 is 0. The van der Waals surface area contributed by atoms with Gasteiger partial charge in [0.05, 0.1) is 44.3 Å². The van der Waals surface area contributed by atoms with Gasteiger partial charge in [-0.15, -0.1) is 5.52 Å². The van der Waals surface area contributed by atoms with Crippen LogP contribution in [0.25, 0.3) is 219 Å². The van der Waals surface area contributed by atoms with Gasteiger partial charge in [0.15, 0.2) is 12.0 Å². The van der Waals surface area contributed by atoms with Gasteiger partial charge >= 0.3 is 0 Å². The summed E-state index contributed by atoms with van der Waals surface area (Å²) in [5, 5.41) is 30.6. The van der Waals surface area contributed by atoms with E-state index in [1.165, 1.54) is 77.5 Å². The number of benzene rings is 11. The van der Waals surface area contributed by atoms with Crippen LogP contribution in [0.2, 0.25) is 0 Å². The van der Waals surface area contributed by atoms with Crippen LogP contribution in [0, 0.1) is 0 Å². The molecule has 15 aromatic heterocycles. The minimum absolute atomic E-state index is 0. The van der Waals surface area contributed by atoms with Gasteiger partial charge in [-0.05, 0) is 202 Å². The molecule has 20 nitrogen and oxygen atoms in total. The average molecular weight is 2830 g/mol.